The number of halogens is 2. The average molecular weight is 563 g/mol. The molecule has 0 atom stereocenters. The van der Waals surface area contributed by atoms with Gasteiger partial charge < -0.3 is 14.8 Å². The zero-order valence-electron chi connectivity index (χ0n) is 18.1. The maximum Gasteiger partial charge on any atom is 0.262 e. The third-order valence-corrected chi connectivity index (χ3v) is 5.81. The fourth-order valence-electron chi connectivity index (χ4n) is 2.92. The Balaban J connectivity index is 1.73. The van der Waals surface area contributed by atoms with E-state index in [2.05, 4.69) is 32.9 Å². The summed E-state index contributed by atoms with van der Waals surface area (Å²) >= 11 is 8.30. The number of carbonyl (C=O) groups is 1. The molecule has 0 aliphatic rings. The molecule has 7 heteroatoms. The van der Waals surface area contributed by atoms with E-state index in [9.17, 15) is 4.79 Å². The number of aryl methyl sites for hydroxylation is 2. The van der Waals surface area contributed by atoms with E-state index in [1.807, 2.05) is 63.2 Å². The van der Waals surface area contributed by atoms with Crippen molar-refractivity contribution in [2.24, 2.45) is 4.99 Å². The molecule has 32 heavy (non-hydrogen) atoms. The van der Waals surface area contributed by atoms with Crippen LogP contribution in [0.4, 0.5) is 11.4 Å². The number of hydrogen-bond acceptors (Lipinski definition) is 4. The molecule has 1 N–H and O–H groups in total. The number of nitrogens with zero attached hydrogens (tertiary/aromatic N) is 1. The number of carbonyl (C=O) groups excluding carboxylic acids is 1. The standard InChI is InChI=1S/C25H24ClIN2O3/c1-4-31-23-12-18(14-28-22-8-6-5-7-17(22)3)11-21(27)25(23)32-15-24(30)29-19-10-9-16(2)20(26)13-19/h5-14H,4,15H2,1-3H3,(H,29,30). The Bertz CT molecular complexity index is 1150. The second-order valence-electron chi connectivity index (χ2n) is 7.11. The summed E-state index contributed by atoms with van der Waals surface area (Å²) in [7, 11) is 0. The molecule has 5 nitrogen and oxygen atoms in total. The minimum absolute atomic E-state index is 0.155. The van der Waals surface area contributed by atoms with Crippen molar-refractivity contribution in [1.82, 2.24) is 0 Å². The molecule has 0 fully saturated rings. The van der Waals surface area contributed by atoms with E-state index < -0.39 is 0 Å². The Morgan fingerprint density at radius 2 is 1.88 bits per heavy atom. The van der Waals surface area contributed by atoms with Gasteiger partial charge in [-0.05, 0) is 90.4 Å². The van der Waals surface area contributed by atoms with Gasteiger partial charge in [-0.2, -0.15) is 0 Å². The first-order valence-corrected chi connectivity index (χ1v) is 11.6. The molecule has 0 heterocycles. The van der Waals surface area contributed by atoms with Gasteiger partial charge in [0.2, 0.25) is 0 Å². The van der Waals surface area contributed by atoms with Crippen LogP contribution in [0, 0.1) is 17.4 Å². The first kappa shape index (κ1) is 24.1. The first-order valence-electron chi connectivity index (χ1n) is 10.1. The quantitative estimate of drug-likeness (QED) is 0.245. The van der Waals surface area contributed by atoms with Gasteiger partial charge in [0.25, 0.3) is 5.91 Å². The number of benzene rings is 3. The van der Waals surface area contributed by atoms with Gasteiger partial charge in [-0.25, -0.2) is 0 Å². The molecule has 0 aliphatic carbocycles. The number of ether oxygens (including phenoxy) is 2. The molecule has 0 aliphatic heterocycles. The molecular formula is C25H24ClIN2O3. The number of rotatable bonds is 8. The topological polar surface area (TPSA) is 59.9 Å². The highest BCUT2D eigenvalue weighted by Crippen LogP contribution is 2.34. The van der Waals surface area contributed by atoms with Gasteiger partial charge >= 0.3 is 0 Å². The lowest BCUT2D eigenvalue weighted by Gasteiger charge is -2.15. The molecule has 0 spiro atoms. The zero-order chi connectivity index (χ0) is 23.1. The van der Waals surface area contributed by atoms with Crippen LogP contribution in [-0.4, -0.2) is 25.3 Å². The molecule has 3 aromatic rings. The summed E-state index contributed by atoms with van der Waals surface area (Å²) in [6.45, 7) is 6.15. The van der Waals surface area contributed by atoms with Crippen molar-refractivity contribution in [3.63, 3.8) is 0 Å². The van der Waals surface area contributed by atoms with E-state index in [4.69, 9.17) is 21.1 Å². The second kappa shape index (κ2) is 11.3. The molecule has 3 rings (SSSR count). The second-order valence-corrected chi connectivity index (χ2v) is 8.68. The van der Waals surface area contributed by atoms with Crippen molar-refractivity contribution in [2.75, 3.05) is 18.5 Å². The molecule has 1 amide bonds. The third kappa shape index (κ3) is 6.46. The Hall–Kier alpha value is -2.58. The molecule has 0 aromatic heterocycles. The van der Waals surface area contributed by atoms with Crippen molar-refractivity contribution >= 4 is 57.7 Å². The van der Waals surface area contributed by atoms with Crippen LogP contribution < -0.4 is 14.8 Å². The van der Waals surface area contributed by atoms with Crippen LogP contribution in [-0.2, 0) is 4.79 Å². The Morgan fingerprint density at radius 3 is 2.59 bits per heavy atom. The van der Waals surface area contributed by atoms with E-state index >= 15 is 0 Å². The van der Waals surface area contributed by atoms with Crippen LogP contribution in [0.25, 0.3) is 0 Å². The van der Waals surface area contributed by atoms with Crippen LogP contribution in [0.2, 0.25) is 5.02 Å². The molecule has 3 aromatic carbocycles. The van der Waals surface area contributed by atoms with E-state index in [-0.39, 0.29) is 12.5 Å². The van der Waals surface area contributed by atoms with Crippen molar-refractivity contribution in [1.29, 1.82) is 0 Å². The van der Waals surface area contributed by atoms with Crippen molar-refractivity contribution in [3.8, 4) is 11.5 Å². The van der Waals surface area contributed by atoms with Crippen molar-refractivity contribution < 1.29 is 14.3 Å². The molecule has 0 bridgehead atoms. The van der Waals surface area contributed by atoms with Gasteiger partial charge in [-0.3, -0.25) is 9.79 Å². The molecule has 0 saturated carbocycles. The van der Waals surface area contributed by atoms with Gasteiger partial charge in [0.1, 0.15) is 0 Å². The number of hydrogen-bond donors (Lipinski definition) is 1. The lowest BCUT2D eigenvalue weighted by Crippen LogP contribution is -2.20. The minimum Gasteiger partial charge on any atom is -0.490 e. The van der Waals surface area contributed by atoms with Gasteiger partial charge in [-0.1, -0.05) is 35.9 Å². The van der Waals surface area contributed by atoms with E-state index in [1.54, 1.807) is 18.3 Å². The van der Waals surface area contributed by atoms with Crippen LogP contribution in [0.1, 0.15) is 23.6 Å². The first-order chi connectivity index (χ1) is 15.4. The Labute approximate surface area is 206 Å². The summed E-state index contributed by atoms with van der Waals surface area (Å²) in [5.74, 6) is 0.808. The van der Waals surface area contributed by atoms with Gasteiger partial charge in [-0.15, -0.1) is 0 Å². The summed E-state index contributed by atoms with van der Waals surface area (Å²) in [6.07, 6.45) is 1.80. The number of anilines is 1. The number of para-hydroxylation sites is 1. The summed E-state index contributed by atoms with van der Waals surface area (Å²) in [4.78, 5) is 17.0. The summed E-state index contributed by atoms with van der Waals surface area (Å²) < 4.78 is 12.4. The highest BCUT2D eigenvalue weighted by Gasteiger charge is 2.14. The Morgan fingerprint density at radius 1 is 1.09 bits per heavy atom. The number of amides is 1. The summed E-state index contributed by atoms with van der Waals surface area (Å²) in [6, 6.07) is 17.1. The lowest BCUT2D eigenvalue weighted by molar-refractivity contribution is -0.118. The maximum atomic E-state index is 12.4. The van der Waals surface area contributed by atoms with Gasteiger partial charge in [0.15, 0.2) is 18.1 Å². The van der Waals surface area contributed by atoms with Gasteiger partial charge in [0.05, 0.1) is 15.9 Å². The van der Waals surface area contributed by atoms with Crippen molar-refractivity contribution in [2.45, 2.75) is 20.8 Å². The smallest absolute Gasteiger partial charge is 0.262 e. The normalized spacial score (nSPS) is 10.9. The van der Waals surface area contributed by atoms with Crippen LogP contribution in [0.15, 0.2) is 59.6 Å². The lowest BCUT2D eigenvalue weighted by atomic mass is 10.2. The molecular weight excluding hydrogens is 539 g/mol. The highest BCUT2D eigenvalue weighted by molar-refractivity contribution is 14.1. The maximum absolute atomic E-state index is 12.4. The van der Waals surface area contributed by atoms with Crippen LogP contribution >= 0.6 is 34.2 Å². The van der Waals surface area contributed by atoms with Crippen LogP contribution in [0.3, 0.4) is 0 Å². The fraction of sp³-hybridized carbons (Fsp3) is 0.200. The minimum atomic E-state index is -0.284. The molecule has 0 unspecified atom stereocenters. The summed E-state index contributed by atoms with van der Waals surface area (Å²) in [5.41, 5.74) is 4.46. The number of aliphatic imine (C=N–C) groups is 1. The van der Waals surface area contributed by atoms with E-state index in [1.165, 1.54) is 0 Å². The molecule has 166 valence electrons. The predicted molar refractivity (Wildman–Crippen MR) is 139 cm³/mol. The summed E-state index contributed by atoms with van der Waals surface area (Å²) in [5, 5.41) is 3.39. The largest absolute Gasteiger partial charge is 0.490 e. The van der Waals surface area contributed by atoms with Crippen LogP contribution in [0.5, 0.6) is 11.5 Å². The average Bonchev–Trinajstić information content (AvgIpc) is 2.75. The third-order valence-electron chi connectivity index (χ3n) is 4.60. The molecule has 0 radical (unpaired) electrons. The Kier molecular flexibility index (Phi) is 8.53. The van der Waals surface area contributed by atoms with Gasteiger partial charge in [0, 0.05) is 16.9 Å². The highest BCUT2D eigenvalue weighted by atomic mass is 127. The SMILES string of the molecule is CCOc1cc(C=Nc2ccccc2C)cc(I)c1OCC(=O)Nc1ccc(C)c(Cl)c1. The monoisotopic (exact) mass is 562 g/mol. The number of nitrogens with one attached hydrogen (secondary N) is 1. The zero-order valence-corrected chi connectivity index (χ0v) is 21.0. The van der Waals surface area contributed by atoms with E-state index in [0.717, 1.165) is 25.9 Å². The van der Waals surface area contributed by atoms with E-state index in [0.29, 0.717) is 28.8 Å². The van der Waals surface area contributed by atoms with Crippen molar-refractivity contribution in [3.05, 3.63) is 79.9 Å². The molecule has 0 saturated heterocycles. The fourth-order valence-corrected chi connectivity index (χ4v) is 3.88. The predicted octanol–water partition coefficient (Wildman–Crippen LogP) is 6.73.